The van der Waals surface area contributed by atoms with Crippen molar-refractivity contribution in [3.05, 3.63) is 18.0 Å². The molecule has 1 aromatic heterocycles. The molecule has 0 unspecified atom stereocenters. The van der Waals surface area contributed by atoms with Crippen LogP contribution in [0.25, 0.3) is 0 Å². The number of hydrogen-bond donors (Lipinski definition) is 1. The first-order valence-electron chi connectivity index (χ1n) is 7.79. The second-order valence-corrected chi connectivity index (χ2v) is 6.68. The van der Waals surface area contributed by atoms with Gasteiger partial charge in [0.15, 0.2) is 0 Å². The van der Waals surface area contributed by atoms with Gasteiger partial charge in [0.2, 0.25) is 0 Å². The Hall–Kier alpha value is -0.830. The molecule has 0 aliphatic heterocycles. The molecule has 0 amide bonds. The topological polar surface area (TPSA) is 29.9 Å². The third kappa shape index (κ3) is 4.07. The molecule has 1 aliphatic carbocycles. The molecule has 0 bridgehead atoms. The van der Waals surface area contributed by atoms with Gasteiger partial charge in [0.25, 0.3) is 0 Å². The SMILES string of the molecule is CC(C)CC1(CNCCc2ccnn2C)CCCC1. The Balaban J connectivity index is 1.75. The highest BCUT2D eigenvalue weighted by Crippen LogP contribution is 2.42. The number of aryl methyl sites for hydroxylation is 1. The Morgan fingerprint density at radius 2 is 2.11 bits per heavy atom. The number of aromatic nitrogens is 2. The van der Waals surface area contributed by atoms with Gasteiger partial charge in [0.05, 0.1) is 0 Å². The average Bonchev–Trinajstić information content (AvgIpc) is 2.95. The monoisotopic (exact) mass is 263 g/mol. The summed E-state index contributed by atoms with van der Waals surface area (Å²) in [6.07, 6.45) is 10.0. The molecule has 19 heavy (non-hydrogen) atoms. The van der Waals surface area contributed by atoms with E-state index in [0.29, 0.717) is 5.41 Å². The number of hydrogen-bond acceptors (Lipinski definition) is 2. The fraction of sp³-hybridized carbons (Fsp3) is 0.812. The lowest BCUT2D eigenvalue weighted by atomic mass is 9.78. The second-order valence-electron chi connectivity index (χ2n) is 6.68. The van der Waals surface area contributed by atoms with E-state index in [9.17, 15) is 0 Å². The first-order chi connectivity index (χ1) is 9.11. The van der Waals surface area contributed by atoms with Crippen LogP contribution in [0.1, 0.15) is 51.6 Å². The van der Waals surface area contributed by atoms with Crippen LogP contribution < -0.4 is 5.32 Å². The highest BCUT2D eigenvalue weighted by atomic mass is 15.3. The zero-order valence-corrected chi connectivity index (χ0v) is 12.8. The molecule has 3 heteroatoms. The van der Waals surface area contributed by atoms with Gasteiger partial charge in [-0.3, -0.25) is 4.68 Å². The van der Waals surface area contributed by atoms with Crippen molar-refractivity contribution in [2.75, 3.05) is 13.1 Å². The Morgan fingerprint density at radius 1 is 1.37 bits per heavy atom. The summed E-state index contributed by atoms with van der Waals surface area (Å²) in [5.41, 5.74) is 1.90. The van der Waals surface area contributed by atoms with E-state index in [4.69, 9.17) is 0 Å². The Labute approximate surface area is 117 Å². The molecule has 1 aromatic rings. The van der Waals surface area contributed by atoms with Crippen LogP contribution in [0, 0.1) is 11.3 Å². The largest absolute Gasteiger partial charge is 0.316 e. The summed E-state index contributed by atoms with van der Waals surface area (Å²) in [4.78, 5) is 0. The van der Waals surface area contributed by atoms with E-state index in [1.807, 2.05) is 17.9 Å². The van der Waals surface area contributed by atoms with Crippen molar-refractivity contribution in [3.8, 4) is 0 Å². The first-order valence-corrected chi connectivity index (χ1v) is 7.79. The summed E-state index contributed by atoms with van der Waals surface area (Å²) in [6, 6.07) is 2.11. The summed E-state index contributed by atoms with van der Waals surface area (Å²) < 4.78 is 1.97. The normalized spacial score (nSPS) is 18.3. The molecule has 0 aromatic carbocycles. The minimum atomic E-state index is 0.584. The molecule has 1 N–H and O–H groups in total. The minimum absolute atomic E-state index is 0.584. The molecule has 0 radical (unpaired) electrons. The fourth-order valence-electron chi connectivity index (χ4n) is 3.66. The number of nitrogens with zero attached hydrogens (tertiary/aromatic N) is 2. The van der Waals surface area contributed by atoms with Crippen molar-refractivity contribution in [1.82, 2.24) is 15.1 Å². The number of nitrogens with one attached hydrogen (secondary N) is 1. The van der Waals surface area contributed by atoms with Crippen LogP contribution in [0.2, 0.25) is 0 Å². The fourth-order valence-corrected chi connectivity index (χ4v) is 3.66. The van der Waals surface area contributed by atoms with Crippen LogP contribution in [0.3, 0.4) is 0 Å². The van der Waals surface area contributed by atoms with Crippen LogP contribution in [0.5, 0.6) is 0 Å². The lowest BCUT2D eigenvalue weighted by Crippen LogP contribution is -2.34. The minimum Gasteiger partial charge on any atom is -0.316 e. The summed E-state index contributed by atoms with van der Waals surface area (Å²) in [6.45, 7) is 6.98. The third-order valence-corrected chi connectivity index (χ3v) is 4.49. The maximum atomic E-state index is 4.21. The first kappa shape index (κ1) is 14.6. The van der Waals surface area contributed by atoms with Gasteiger partial charge in [-0.15, -0.1) is 0 Å². The van der Waals surface area contributed by atoms with E-state index in [2.05, 4.69) is 30.3 Å². The van der Waals surface area contributed by atoms with Gasteiger partial charge in [-0.1, -0.05) is 26.7 Å². The molecule has 0 atom stereocenters. The third-order valence-electron chi connectivity index (χ3n) is 4.49. The molecule has 1 aliphatic rings. The zero-order chi connectivity index (χ0) is 13.7. The highest BCUT2D eigenvalue weighted by molar-refractivity contribution is 5.00. The van der Waals surface area contributed by atoms with Crippen molar-refractivity contribution in [2.24, 2.45) is 18.4 Å². The predicted molar refractivity (Wildman–Crippen MR) is 80.1 cm³/mol. The molecule has 0 spiro atoms. The van der Waals surface area contributed by atoms with Crippen LogP contribution in [0.15, 0.2) is 12.3 Å². The molecule has 3 nitrogen and oxygen atoms in total. The zero-order valence-electron chi connectivity index (χ0n) is 12.8. The molecular weight excluding hydrogens is 234 g/mol. The van der Waals surface area contributed by atoms with Gasteiger partial charge >= 0.3 is 0 Å². The van der Waals surface area contributed by atoms with Gasteiger partial charge in [-0.25, -0.2) is 0 Å². The van der Waals surface area contributed by atoms with Gasteiger partial charge in [0, 0.05) is 38.4 Å². The van der Waals surface area contributed by atoms with Gasteiger partial charge < -0.3 is 5.32 Å². The molecule has 2 rings (SSSR count). The lowest BCUT2D eigenvalue weighted by Gasteiger charge is -2.31. The van der Waals surface area contributed by atoms with Crippen molar-refractivity contribution < 1.29 is 0 Å². The van der Waals surface area contributed by atoms with E-state index in [1.165, 1.54) is 44.3 Å². The summed E-state index contributed by atoms with van der Waals surface area (Å²) in [5.74, 6) is 0.817. The summed E-state index contributed by atoms with van der Waals surface area (Å²) in [7, 11) is 2.02. The molecule has 108 valence electrons. The molecule has 1 saturated carbocycles. The van der Waals surface area contributed by atoms with E-state index >= 15 is 0 Å². The van der Waals surface area contributed by atoms with Crippen LogP contribution in [-0.2, 0) is 13.5 Å². The predicted octanol–water partition coefficient (Wildman–Crippen LogP) is 3.16. The van der Waals surface area contributed by atoms with E-state index in [1.54, 1.807) is 0 Å². The Kier molecular flexibility index (Phi) is 5.03. The smallest absolute Gasteiger partial charge is 0.0492 e. The Bertz CT molecular complexity index is 375. The van der Waals surface area contributed by atoms with Crippen molar-refractivity contribution in [1.29, 1.82) is 0 Å². The quantitative estimate of drug-likeness (QED) is 0.766. The number of rotatable bonds is 7. The van der Waals surface area contributed by atoms with Crippen molar-refractivity contribution in [3.63, 3.8) is 0 Å². The Morgan fingerprint density at radius 3 is 2.68 bits per heavy atom. The van der Waals surface area contributed by atoms with Gasteiger partial charge in [0.1, 0.15) is 0 Å². The van der Waals surface area contributed by atoms with E-state index in [-0.39, 0.29) is 0 Å². The van der Waals surface area contributed by atoms with E-state index < -0.39 is 0 Å². The van der Waals surface area contributed by atoms with Gasteiger partial charge in [-0.2, -0.15) is 5.10 Å². The average molecular weight is 263 g/mol. The lowest BCUT2D eigenvalue weighted by molar-refractivity contribution is 0.224. The van der Waals surface area contributed by atoms with Crippen LogP contribution in [0.4, 0.5) is 0 Å². The van der Waals surface area contributed by atoms with Crippen LogP contribution >= 0.6 is 0 Å². The summed E-state index contributed by atoms with van der Waals surface area (Å²) >= 11 is 0. The molecule has 0 saturated heterocycles. The maximum Gasteiger partial charge on any atom is 0.0492 e. The molecule has 1 fully saturated rings. The van der Waals surface area contributed by atoms with Crippen molar-refractivity contribution in [2.45, 2.75) is 52.4 Å². The summed E-state index contributed by atoms with van der Waals surface area (Å²) in [5, 5.41) is 7.91. The van der Waals surface area contributed by atoms with E-state index in [0.717, 1.165) is 18.9 Å². The van der Waals surface area contributed by atoms with Crippen molar-refractivity contribution >= 4 is 0 Å². The maximum absolute atomic E-state index is 4.21. The molecular formula is C16H29N3. The molecule has 1 heterocycles. The van der Waals surface area contributed by atoms with Gasteiger partial charge in [-0.05, 0) is 36.7 Å². The highest BCUT2D eigenvalue weighted by Gasteiger charge is 2.33. The van der Waals surface area contributed by atoms with Crippen LogP contribution in [-0.4, -0.2) is 22.9 Å². The standard InChI is InChI=1S/C16H29N3/c1-14(2)12-16(8-4-5-9-16)13-17-10-6-15-7-11-18-19(15)3/h7,11,14,17H,4-6,8-10,12-13H2,1-3H3. The second kappa shape index (κ2) is 6.56.